The number of ether oxygens (including phenoxy) is 2. The monoisotopic (exact) mass is 377 g/mol. The molecule has 26 heavy (non-hydrogen) atoms. The van der Waals surface area contributed by atoms with Crippen molar-refractivity contribution in [2.75, 3.05) is 13.7 Å². The molecule has 0 saturated heterocycles. The molecular weight excluding hydrogens is 361 g/mol. The lowest BCUT2D eigenvalue weighted by Crippen LogP contribution is -2.29. The molecule has 0 aliphatic heterocycles. The van der Waals surface area contributed by atoms with Crippen LogP contribution in [0.4, 0.5) is 4.39 Å². The number of methoxy groups -OCH3 is 1. The molecule has 0 saturated carbocycles. The van der Waals surface area contributed by atoms with E-state index in [1.165, 1.54) is 48.7 Å². The molecular formula is C18H17ClFN3O3. The average Bonchev–Trinajstić information content (AvgIpc) is 3.13. The van der Waals surface area contributed by atoms with Gasteiger partial charge in [-0.3, -0.25) is 0 Å². The van der Waals surface area contributed by atoms with Gasteiger partial charge in [0.25, 0.3) is 0 Å². The highest BCUT2D eigenvalue weighted by Crippen LogP contribution is 2.33. The second-order valence-corrected chi connectivity index (χ2v) is 5.99. The van der Waals surface area contributed by atoms with E-state index in [1.807, 2.05) is 0 Å². The first-order chi connectivity index (χ1) is 12.6. The Balaban J connectivity index is 1.88. The maximum absolute atomic E-state index is 13.0. The van der Waals surface area contributed by atoms with Gasteiger partial charge < -0.3 is 14.6 Å². The fourth-order valence-corrected chi connectivity index (χ4v) is 2.88. The van der Waals surface area contributed by atoms with Gasteiger partial charge in [-0.15, -0.1) is 0 Å². The van der Waals surface area contributed by atoms with Crippen LogP contribution >= 0.6 is 11.6 Å². The van der Waals surface area contributed by atoms with Gasteiger partial charge in [-0.05, 0) is 42.0 Å². The molecule has 3 rings (SSSR count). The molecule has 136 valence electrons. The number of aliphatic hydroxyl groups is 1. The molecule has 0 aliphatic carbocycles. The minimum Gasteiger partial charge on any atom is -0.457 e. The molecule has 6 nitrogen and oxygen atoms in total. The third-order valence-corrected chi connectivity index (χ3v) is 4.09. The topological polar surface area (TPSA) is 69.4 Å². The van der Waals surface area contributed by atoms with Gasteiger partial charge in [0.05, 0.1) is 6.61 Å². The van der Waals surface area contributed by atoms with E-state index in [4.69, 9.17) is 21.1 Å². The normalized spacial score (nSPS) is 13.4. The molecule has 8 heteroatoms. The molecule has 1 heterocycles. The second-order valence-electron chi connectivity index (χ2n) is 5.58. The molecule has 1 N–H and O–H groups in total. The third-order valence-electron chi connectivity index (χ3n) is 3.76. The first-order valence-corrected chi connectivity index (χ1v) is 8.20. The zero-order chi connectivity index (χ0) is 18.5. The van der Waals surface area contributed by atoms with E-state index in [2.05, 4.69) is 10.1 Å². The number of hydrogen-bond donors (Lipinski definition) is 1. The molecule has 2 unspecified atom stereocenters. The van der Waals surface area contributed by atoms with Crippen molar-refractivity contribution in [2.45, 2.75) is 12.1 Å². The van der Waals surface area contributed by atoms with Crippen molar-refractivity contribution in [1.29, 1.82) is 0 Å². The zero-order valence-electron chi connectivity index (χ0n) is 13.9. The van der Waals surface area contributed by atoms with Crippen LogP contribution in [0.5, 0.6) is 11.5 Å². The summed E-state index contributed by atoms with van der Waals surface area (Å²) in [5, 5.41) is 14.9. The van der Waals surface area contributed by atoms with Crippen LogP contribution in [0.2, 0.25) is 5.02 Å². The quantitative estimate of drug-likeness (QED) is 0.682. The predicted octanol–water partition coefficient (Wildman–Crippen LogP) is 3.46. The van der Waals surface area contributed by atoms with Crippen molar-refractivity contribution in [3.63, 3.8) is 0 Å². The lowest BCUT2D eigenvalue weighted by atomic mass is 10.0. The minimum absolute atomic E-state index is 0.106. The summed E-state index contributed by atoms with van der Waals surface area (Å²) in [5.41, 5.74) is 0.646. The molecule has 0 aliphatic rings. The number of nitrogens with zero attached hydrogens (tertiary/aromatic N) is 3. The smallest absolute Gasteiger partial charge is 0.137 e. The van der Waals surface area contributed by atoms with Crippen molar-refractivity contribution in [3.05, 3.63) is 71.5 Å². The highest BCUT2D eigenvalue weighted by molar-refractivity contribution is 6.31. The van der Waals surface area contributed by atoms with E-state index in [-0.39, 0.29) is 12.4 Å². The van der Waals surface area contributed by atoms with Gasteiger partial charge in [-0.1, -0.05) is 17.7 Å². The van der Waals surface area contributed by atoms with E-state index < -0.39 is 12.1 Å². The fraction of sp³-hybridized carbons (Fsp3) is 0.222. The van der Waals surface area contributed by atoms with Gasteiger partial charge in [-0.25, -0.2) is 14.1 Å². The van der Waals surface area contributed by atoms with Crippen molar-refractivity contribution < 1.29 is 19.0 Å². The summed E-state index contributed by atoms with van der Waals surface area (Å²) in [4.78, 5) is 3.92. The van der Waals surface area contributed by atoms with Crippen LogP contribution in [0.3, 0.4) is 0 Å². The van der Waals surface area contributed by atoms with Gasteiger partial charge in [0.1, 0.15) is 42.1 Å². The van der Waals surface area contributed by atoms with Crippen LogP contribution < -0.4 is 4.74 Å². The Bertz CT molecular complexity index is 843. The van der Waals surface area contributed by atoms with Gasteiger partial charge in [-0.2, -0.15) is 5.10 Å². The fourth-order valence-electron chi connectivity index (χ4n) is 2.60. The largest absolute Gasteiger partial charge is 0.457 e. The first-order valence-electron chi connectivity index (χ1n) is 7.82. The molecule has 0 spiro atoms. The summed E-state index contributed by atoms with van der Waals surface area (Å²) >= 11 is 6.42. The molecule has 3 aromatic rings. The van der Waals surface area contributed by atoms with E-state index in [1.54, 1.807) is 18.2 Å². The summed E-state index contributed by atoms with van der Waals surface area (Å²) in [6.45, 7) is 0.106. The summed E-state index contributed by atoms with van der Waals surface area (Å²) in [5.74, 6) is 0.639. The summed E-state index contributed by atoms with van der Waals surface area (Å²) in [6, 6.07) is 10.2. The molecule has 0 radical (unpaired) electrons. The molecule has 0 bridgehead atoms. The summed E-state index contributed by atoms with van der Waals surface area (Å²) in [7, 11) is 1.50. The van der Waals surface area contributed by atoms with Crippen LogP contribution in [-0.4, -0.2) is 39.7 Å². The molecule has 2 aromatic carbocycles. The van der Waals surface area contributed by atoms with E-state index in [0.717, 1.165) is 0 Å². The number of aliphatic hydroxyl groups excluding tert-OH is 1. The highest BCUT2D eigenvalue weighted by atomic mass is 35.5. The third kappa shape index (κ3) is 4.19. The minimum atomic E-state index is -0.872. The Kier molecular flexibility index (Phi) is 5.82. The van der Waals surface area contributed by atoms with Crippen molar-refractivity contribution in [2.24, 2.45) is 0 Å². The van der Waals surface area contributed by atoms with Crippen LogP contribution in [0.25, 0.3) is 0 Å². The first kappa shape index (κ1) is 18.3. The van der Waals surface area contributed by atoms with Crippen LogP contribution in [-0.2, 0) is 4.74 Å². The zero-order valence-corrected chi connectivity index (χ0v) is 14.7. The number of aromatic nitrogens is 3. The van der Waals surface area contributed by atoms with E-state index in [0.29, 0.717) is 22.1 Å². The lowest BCUT2D eigenvalue weighted by molar-refractivity contribution is 0.0367. The van der Waals surface area contributed by atoms with Crippen molar-refractivity contribution in [1.82, 2.24) is 14.8 Å². The van der Waals surface area contributed by atoms with Crippen molar-refractivity contribution >= 4 is 11.6 Å². The van der Waals surface area contributed by atoms with Crippen LogP contribution in [0.1, 0.15) is 11.6 Å². The Morgan fingerprint density at radius 1 is 1.19 bits per heavy atom. The lowest BCUT2D eigenvalue weighted by Gasteiger charge is -2.24. The highest BCUT2D eigenvalue weighted by Gasteiger charge is 2.26. The average molecular weight is 378 g/mol. The Morgan fingerprint density at radius 3 is 2.54 bits per heavy atom. The van der Waals surface area contributed by atoms with Gasteiger partial charge >= 0.3 is 0 Å². The number of rotatable bonds is 7. The van der Waals surface area contributed by atoms with Gasteiger partial charge in [0.2, 0.25) is 0 Å². The standard InChI is InChI=1S/C18H17ClFN3O3/c1-25-9-17(24)18(23-11-21-10-22-23)15-7-6-14(8-16(15)19)26-13-4-2-12(20)3-5-13/h2-8,10-11,17-18,24H,9H2,1H3. The molecule has 2 atom stereocenters. The summed E-state index contributed by atoms with van der Waals surface area (Å²) in [6.07, 6.45) is 2.01. The molecule has 1 aromatic heterocycles. The summed E-state index contributed by atoms with van der Waals surface area (Å²) < 4.78 is 25.2. The maximum Gasteiger partial charge on any atom is 0.137 e. The number of benzene rings is 2. The van der Waals surface area contributed by atoms with Gasteiger partial charge in [0.15, 0.2) is 0 Å². The van der Waals surface area contributed by atoms with Gasteiger partial charge in [0, 0.05) is 12.1 Å². The Hall–Kier alpha value is -2.48. The van der Waals surface area contributed by atoms with Crippen LogP contribution in [0, 0.1) is 5.82 Å². The number of hydrogen-bond acceptors (Lipinski definition) is 5. The molecule has 0 amide bonds. The number of halogens is 2. The Morgan fingerprint density at radius 2 is 1.92 bits per heavy atom. The SMILES string of the molecule is COCC(O)C(c1ccc(Oc2ccc(F)cc2)cc1Cl)n1cncn1. The Labute approximate surface area is 154 Å². The van der Waals surface area contributed by atoms with Crippen molar-refractivity contribution in [3.8, 4) is 11.5 Å². The van der Waals surface area contributed by atoms with E-state index in [9.17, 15) is 9.50 Å². The van der Waals surface area contributed by atoms with E-state index >= 15 is 0 Å². The maximum atomic E-state index is 13.0. The second kappa shape index (κ2) is 8.27. The molecule has 0 fully saturated rings. The predicted molar refractivity (Wildman–Crippen MR) is 94.0 cm³/mol. The van der Waals surface area contributed by atoms with Crippen LogP contribution in [0.15, 0.2) is 55.1 Å².